The summed E-state index contributed by atoms with van der Waals surface area (Å²) in [5.74, 6) is 0.691. The van der Waals surface area contributed by atoms with Gasteiger partial charge in [-0.1, -0.05) is 5.16 Å². The molecule has 0 amide bonds. The van der Waals surface area contributed by atoms with Crippen LogP contribution < -0.4 is 0 Å². The SMILES string of the molecule is Cc1cc(-c2nc(C(C)O)no2)ccn1. The smallest absolute Gasteiger partial charge is 0.258 e. The molecule has 0 radical (unpaired) electrons. The van der Waals surface area contributed by atoms with Gasteiger partial charge in [-0.2, -0.15) is 4.98 Å². The lowest BCUT2D eigenvalue weighted by Gasteiger charge is -1.95. The number of nitrogens with zero attached hydrogens (tertiary/aromatic N) is 3. The molecule has 0 fully saturated rings. The Balaban J connectivity index is 2.37. The molecule has 78 valence electrons. The summed E-state index contributed by atoms with van der Waals surface area (Å²) in [5.41, 5.74) is 1.69. The first-order valence-electron chi connectivity index (χ1n) is 4.61. The van der Waals surface area contributed by atoms with Crippen molar-refractivity contribution in [1.29, 1.82) is 0 Å². The van der Waals surface area contributed by atoms with Gasteiger partial charge in [0.05, 0.1) is 0 Å². The van der Waals surface area contributed by atoms with Crippen molar-refractivity contribution in [3.05, 3.63) is 29.8 Å². The highest BCUT2D eigenvalue weighted by Crippen LogP contribution is 2.18. The van der Waals surface area contributed by atoms with E-state index in [9.17, 15) is 5.11 Å². The van der Waals surface area contributed by atoms with Gasteiger partial charge in [0.25, 0.3) is 5.89 Å². The van der Waals surface area contributed by atoms with Crippen LogP contribution in [0, 0.1) is 6.92 Å². The molecule has 2 aromatic rings. The van der Waals surface area contributed by atoms with Gasteiger partial charge in [0.15, 0.2) is 5.82 Å². The molecule has 0 bridgehead atoms. The molecule has 5 heteroatoms. The van der Waals surface area contributed by atoms with Gasteiger partial charge in [-0.05, 0) is 26.0 Å². The van der Waals surface area contributed by atoms with Crippen LogP contribution in [0.15, 0.2) is 22.9 Å². The Kier molecular flexibility index (Phi) is 2.47. The van der Waals surface area contributed by atoms with Crippen LogP contribution in [0.3, 0.4) is 0 Å². The number of pyridine rings is 1. The fourth-order valence-electron chi connectivity index (χ4n) is 1.20. The molecule has 1 unspecified atom stereocenters. The molecule has 0 aliphatic rings. The Morgan fingerprint density at radius 2 is 2.27 bits per heavy atom. The average molecular weight is 205 g/mol. The molecule has 0 aliphatic carbocycles. The molecule has 0 aromatic carbocycles. The summed E-state index contributed by atoms with van der Waals surface area (Å²) in [5, 5.41) is 12.9. The summed E-state index contributed by atoms with van der Waals surface area (Å²) in [6, 6.07) is 3.63. The van der Waals surface area contributed by atoms with Crippen molar-refractivity contribution in [3.8, 4) is 11.5 Å². The van der Waals surface area contributed by atoms with Gasteiger partial charge >= 0.3 is 0 Å². The van der Waals surface area contributed by atoms with E-state index in [1.54, 1.807) is 19.2 Å². The van der Waals surface area contributed by atoms with Crippen molar-refractivity contribution in [2.24, 2.45) is 0 Å². The van der Waals surface area contributed by atoms with Crippen LogP contribution in [-0.4, -0.2) is 20.2 Å². The quantitative estimate of drug-likeness (QED) is 0.804. The zero-order valence-corrected chi connectivity index (χ0v) is 8.51. The number of aryl methyl sites for hydroxylation is 1. The predicted molar refractivity (Wildman–Crippen MR) is 52.9 cm³/mol. The van der Waals surface area contributed by atoms with Crippen molar-refractivity contribution >= 4 is 0 Å². The van der Waals surface area contributed by atoms with E-state index in [2.05, 4.69) is 15.1 Å². The molecule has 15 heavy (non-hydrogen) atoms. The number of rotatable bonds is 2. The fraction of sp³-hybridized carbons (Fsp3) is 0.300. The van der Waals surface area contributed by atoms with E-state index in [1.165, 1.54) is 0 Å². The molecule has 0 aliphatic heterocycles. The van der Waals surface area contributed by atoms with Crippen LogP contribution >= 0.6 is 0 Å². The maximum atomic E-state index is 9.24. The van der Waals surface area contributed by atoms with E-state index >= 15 is 0 Å². The highest BCUT2D eigenvalue weighted by Gasteiger charge is 2.12. The molecule has 1 atom stereocenters. The van der Waals surface area contributed by atoms with Gasteiger partial charge < -0.3 is 9.63 Å². The third-order valence-corrected chi connectivity index (χ3v) is 1.96. The molecule has 0 saturated heterocycles. The summed E-state index contributed by atoms with van der Waals surface area (Å²) >= 11 is 0. The third-order valence-electron chi connectivity index (χ3n) is 1.96. The predicted octanol–water partition coefficient (Wildman–Crippen LogP) is 1.49. The minimum atomic E-state index is -0.717. The van der Waals surface area contributed by atoms with Gasteiger partial charge in [0.2, 0.25) is 0 Å². The summed E-state index contributed by atoms with van der Waals surface area (Å²) in [6.45, 7) is 3.47. The highest BCUT2D eigenvalue weighted by atomic mass is 16.5. The number of aromatic nitrogens is 3. The maximum absolute atomic E-state index is 9.24. The second kappa shape index (κ2) is 3.78. The van der Waals surface area contributed by atoms with Gasteiger partial charge in [-0.15, -0.1) is 0 Å². The van der Waals surface area contributed by atoms with Crippen molar-refractivity contribution in [2.75, 3.05) is 0 Å². The molecule has 0 spiro atoms. The summed E-state index contributed by atoms with van der Waals surface area (Å²) in [7, 11) is 0. The van der Waals surface area contributed by atoms with Crippen LogP contribution in [0.1, 0.15) is 24.5 Å². The Morgan fingerprint density at radius 1 is 1.47 bits per heavy atom. The zero-order chi connectivity index (χ0) is 10.8. The second-order valence-corrected chi connectivity index (χ2v) is 3.32. The Bertz CT molecular complexity index is 465. The Morgan fingerprint density at radius 3 is 2.87 bits per heavy atom. The highest BCUT2D eigenvalue weighted by molar-refractivity contribution is 5.52. The molecule has 5 nitrogen and oxygen atoms in total. The topological polar surface area (TPSA) is 72.0 Å². The number of hydrogen-bond donors (Lipinski definition) is 1. The standard InChI is InChI=1S/C10H11N3O2/c1-6-5-8(3-4-11-6)10-12-9(7(2)14)13-15-10/h3-5,7,14H,1-2H3. The first-order chi connectivity index (χ1) is 7.16. The van der Waals surface area contributed by atoms with Crippen molar-refractivity contribution < 1.29 is 9.63 Å². The van der Waals surface area contributed by atoms with E-state index in [4.69, 9.17) is 4.52 Å². The van der Waals surface area contributed by atoms with Gasteiger partial charge in [-0.25, -0.2) is 0 Å². The number of aliphatic hydroxyl groups excluding tert-OH is 1. The third kappa shape index (κ3) is 2.02. The van der Waals surface area contributed by atoms with Crippen LogP contribution in [-0.2, 0) is 0 Å². The van der Waals surface area contributed by atoms with E-state index in [1.807, 2.05) is 13.0 Å². The normalized spacial score (nSPS) is 12.7. The second-order valence-electron chi connectivity index (χ2n) is 3.32. The lowest BCUT2D eigenvalue weighted by atomic mass is 10.2. The minimum absolute atomic E-state index is 0.291. The van der Waals surface area contributed by atoms with E-state index in [0.717, 1.165) is 11.3 Å². The molecular weight excluding hydrogens is 194 g/mol. The van der Waals surface area contributed by atoms with Gasteiger partial charge in [-0.3, -0.25) is 4.98 Å². The van der Waals surface area contributed by atoms with Gasteiger partial charge in [0.1, 0.15) is 6.10 Å². The van der Waals surface area contributed by atoms with E-state index in [0.29, 0.717) is 11.7 Å². The summed E-state index contributed by atoms with van der Waals surface area (Å²) in [4.78, 5) is 8.13. The zero-order valence-electron chi connectivity index (χ0n) is 8.51. The van der Waals surface area contributed by atoms with Crippen molar-refractivity contribution in [2.45, 2.75) is 20.0 Å². The number of hydrogen-bond acceptors (Lipinski definition) is 5. The van der Waals surface area contributed by atoms with Crippen LogP contribution in [0.2, 0.25) is 0 Å². The molecule has 2 heterocycles. The number of aliphatic hydroxyl groups is 1. The first kappa shape index (κ1) is 9.79. The lowest BCUT2D eigenvalue weighted by Crippen LogP contribution is -1.93. The minimum Gasteiger partial charge on any atom is -0.385 e. The molecule has 2 rings (SSSR count). The van der Waals surface area contributed by atoms with Crippen LogP contribution in [0.5, 0.6) is 0 Å². The van der Waals surface area contributed by atoms with Crippen LogP contribution in [0.25, 0.3) is 11.5 Å². The average Bonchev–Trinajstić information content (AvgIpc) is 2.66. The largest absolute Gasteiger partial charge is 0.385 e. The Labute approximate surface area is 86.8 Å². The molecular formula is C10H11N3O2. The maximum Gasteiger partial charge on any atom is 0.258 e. The first-order valence-corrected chi connectivity index (χ1v) is 4.61. The van der Waals surface area contributed by atoms with Crippen molar-refractivity contribution in [1.82, 2.24) is 15.1 Å². The lowest BCUT2D eigenvalue weighted by molar-refractivity contribution is 0.184. The Hall–Kier alpha value is -1.75. The fourth-order valence-corrected chi connectivity index (χ4v) is 1.20. The monoisotopic (exact) mass is 205 g/mol. The van der Waals surface area contributed by atoms with Crippen LogP contribution in [0.4, 0.5) is 0 Å². The van der Waals surface area contributed by atoms with Gasteiger partial charge in [0, 0.05) is 17.5 Å². The molecule has 1 N–H and O–H groups in total. The summed E-state index contributed by atoms with van der Waals surface area (Å²) in [6.07, 6.45) is 0.960. The van der Waals surface area contributed by atoms with E-state index < -0.39 is 6.10 Å². The van der Waals surface area contributed by atoms with Crippen molar-refractivity contribution in [3.63, 3.8) is 0 Å². The van der Waals surface area contributed by atoms with E-state index in [-0.39, 0.29) is 0 Å². The molecule has 2 aromatic heterocycles. The summed E-state index contributed by atoms with van der Waals surface area (Å²) < 4.78 is 5.02. The molecule has 0 saturated carbocycles.